The third-order valence-corrected chi connectivity index (χ3v) is 5.23. The van der Waals surface area contributed by atoms with E-state index in [0.29, 0.717) is 18.7 Å². The molecule has 134 valence electrons. The first-order valence-corrected chi connectivity index (χ1v) is 8.56. The molecule has 2 fully saturated rings. The number of anilines is 1. The zero-order chi connectivity index (χ0) is 18.0. The third-order valence-electron chi connectivity index (χ3n) is 5.23. The highest BCUT2D eigenvalue weighted by Gasteiger charge is 2.35. The van der Waals surface area contributed by atoms with Crippen LogP contribution in [0.25, 0.3) is 11.0 Å². The average molecular weight is 357 g/mol. The summed E-state index contributed by atoms with van der Waals surface area (Å²) in [5, 5.41) is 13.5. The number of aromatic carboxylic acids is 1. The maximum absolute atomic E-state index is 14.8. The number of hydrazone groups is 1. The first kappa shape index (κ1) is 15.3. The van der Waals surface area contributed by atoms with Crippen LogP contribution in [-0.4, -0.2) is 46.0 Å². The highest BCUT2D eigenvalue weighted by atomic mass is 19.1. The number of aromatic nitrogens is 2. The summed E-state index contributed by atoms with van der Waals surface area (Å²) in [4.78, 5) is 30.1. The Balaban J connectivity index is 1.69. The molecule has 3 aliphatic rings. The van der Waals surface area contributed by atoms with Gasteiger partial charge in [0.1, 0.15) is 11.2 Å². The minimum Gasteiger partial charge on any atom is -0.477 e. The van der Waals surface area contributed by atoms with E-state index in [4.69, 9.17) is 0 Å². The van der Waals surface area contributed by atoms with Crippen molar-refractivity contribution in [1.82, 2.24) is 15.0 Å². The van der Waals surface area contributed by atoms with Gasteiger partial charge in [0, 0.05) is 31.2 Å². The van der Waals surface area contributed by atoms with Crippen LogP contribution in [0.2, 0.25) is 0 Å². The highest BCUT2D eigenvalue weighted by molar-refractivity contribution is 5.96. The summed E-state index contributed by atoms with van der Waals surface area (Å²) in [6.07, 6.45) is 3.12. The lowest BCUT2D eigenvalue weighted by molar-refractivity contribution is 0.0695. The van der Waals surface area contributed by atoms with Crippen molar-refractivity contribution >= 4 is 28.5 Å². The Hall–Kier alpha value is -2.97. The number of pyridine rings is 2. The largest absolute Gasteiger partial charge is 0.477 e. The lowest BCUT2D eigenvalue weighted by Crippen LogP contribution is -2.26. The number of carboxylic acids is 1. The van der Waals surface area contributed by atoms with Crippen LogP contribution in [0.5, 0.6) is 0 Å². The average Bonchev–Trinajstić information content (AvgIpc) is 3.21. The monoisotopic (exact) mass is 357 g/mol. The van der Waals surface area contributed by atoms with E-state index in [-0.39, 0.29) is 28.7 Å². The molecule has 8 nitrogen and oxygen atoms in total. The molecular weight excluding hydrogens is 341 g/mol. The maximum atomic E-state index is 14.8. The predicted molar refractivity (Wildman–Crippen MR) is 92.3 cm³/mol. The molecule has 0 bridgehead atoms. The topological polar surface area (TPSA) is 99.8 Å². The van der Waals surface area contributed by atoms with E-state index in [2.05, 4.69) is 15.5 Å². The van der Waals surface area contributed by atoms with E-state index in [1.165, 1.54) is 6.20 Å². The fourth-order valence-electron chi connectivity index (χ4n) is 3.73. The number of nitrogens with zero attached hydrogens (tertiary/aromatic N) is 4. The highest BCUT2D eigenvalue weighted by Crippen LogP contribution is 2.37. The van der Waals surface area contributed by atoms with Crippen molar-refractivity contribution in [2.24, 2.45) is 11.0 Å². The van der Waals surface area contributed by atoms with Gasteiger partial charge in [-0.3, -0.25) is 4.79 Å². The van der Waals surface area contributed by atoms with Crippen LogP contribution >= 0.6 is 0 Å². The number of carbonyl (C=O) groups is 1. The molecule has 0 radical (unpaired) electrons. The van der Waals surface area contributed by atoms with Gasteiger partial charge in [0.25, 0.3) is 0 Å². The Morgan fingerprint density at radius 2 is 2.19 bits per heavy atom. The molecule has 0 amide bonds. The molecule has 4 heterocycles. The van der Waals surface area contributed by atoms with Crippen molar-refractivity contribution in [1.29, 1.82) is 0 Å². The van der Waals surface area contributed by atoms with Gasteiger partial charge in [0.05, 0.1) is 17.6 Å². The van der Waals surface area contributed by atoms with Gasteiger partial charge in [-0.1, -0.05) is 0 Å². The van der Waals surface area contributed by atoms with Crippen molar-refractivity contribution in [3.05, 3.63) is 33.9 Å². The second-order valence-electron chi connectivity index (χ2n) is 7.02. The van der Waals surface area contributed by atoms with Crippen LogP contribution in [-0.2, 0) is 0 Å². The van der Waals surface area contributed by atoms with Crippen LogP contribution in [0.15, 0.2) is 22.2 Å². The maximum Gasteiger partial charge on any atom is 0.341 e. The lowest BCUT2D eigenvalue weighted by Gasteiger charge is -2.19. The predicted octanol–water partition coefficient (Wildman–Crippen LogP) is 0.964. The molecule has 2 aromatic heterocycles. The molecule has 1 unspecified atom stereocenters. The Labute approximate surface area is 146 Å². The number of nitrogens with one attached hydrogen (secondary N) is 1. The molecular formula is C17H16FN5O3. The summed E-state index contributed by atoms with van der Waals surface area (Å²) in [6.45, 7) is 1.84. The van der Waals surface area contributed by atoms with Crippen molar-refractivity contribution < 1.29 is 14.3 Å². The molecule has 1 atom stereocenters. The number of rotatable bonds is 3. The second kappa shape index (κ2) is 5.26. The zero-order valence-corrected chi connectivity index (χ0v) is 13.8. The van der Waals surface area contributed by atoms with Crippen molar-refractivity contribution in [2.45, 2.75) is 18.9 Å². The first-order valence-electron chi connectivity index (χ1n) is 8.56. The molecule has 1 aliphatic carbocycles. The van der Waals surface area contributed by atoms with Gasteiger partial charge in [0.15, 0.2) is 11.6 Å². The van der Waals surface area contributed by atoms with Gasteiger partial charge in [0.2, 0.25) is 5.43 Å². The molecule has 26 heavy (non-hydrogen) atoms. The van der Waals surface area contributed by atoms with Gasteiger partial charge in [-0.2, -0.15) is 5.10 Å². The SMILES string of the molecule is O=C(O)c1cn(C2CC2)c2nc(N3CC4=NNCC4C3)c(F)cc2c1=O. The molecule has 9 heteroatoms. The van der Waals surface area contributed by atoms with E-state index in [9.17, 15) is 19.1 Å². The Bertz CT molecular complexity index is 1040. The minimum atomic E-state index is -1.31. The van der Waals surface area contributed by atoms with E-state index in [1.807, 2.05) is 4.90 Å². The Kier molecular flexibility index (Phi) is 3.10. The molecule has 1 saturated carbocycles. The number of carboxylic acid groups (broad SMARTS) is 1. The zero-order valence-electron chi connectivity index (χ0n) is 13.8. The van der Waals surface area contributed by atoms with Gasteiger partial charge < -0.3 is 20.0 Å². The minimum absolute atomic E-state index is 0.0106. The Morgan fingerprint density at radius 3 is 2.88 bits per heavy atom. The smallest absolute Gasteiger partial charge is 0.341 e. The fourth-order valence-corrected chi connectivity index (χ4v) is 3.73. The van der Waals surface area contributed by atoms with Crippen molar-refractivity contribution in [3.63, 3.8) is 0 Å². The standard InChI is InChI=1S/C17H16FN5O3/c18-12-3-10-14(24)11(17(25)26)6-23(9-1-2-9)15(10)20-16(12)22-5-8-4-19-21-13(8)7-22/h3,6,8-9,19H,1-2,4-5,7H2,(H,25,26). The van der Waals surface area contributed by atoms with E-state index in [1.54, 1.807) is 4.57 Å². The van der Waals surface area contributed by atoms with Crippen LogP contribution in [0.4, 0.5) is 10.2 Å². The Morgan fingerprint density at radius 1 is 1.38 bits per heavy atom. The van der Waals surface area contributed by atoms with E-state index < -0.39 is 17.2 Å². The van der Waals surface area contributed by atoms with Crippen molar-refractivity contribution in [3.8, 4) is 0 Å². The quantitative estimate of drug-likeness (QED) is 0.849. The van der Waals surface area contributed by atoms with Gasteiger partial charge in [-0.05, 0) is 18.9 Å². The summed E-state index contributed by atoms with van der Waals surface area (Å²) < 4.78 is 16.5. The molecule has 5 rings (SSSR count). The number of fused-ring (bicyclic) bond motifs is 2. The molecule has 2 aliphatic heterocycles. The number of hydrogen-bond acceptors (Lipinski definition) is 6. The van der Waals surface area contributed by atoms with E-state index >= 15 is 0 Å². The molecule has 0 aromatic carbocycles. The summed E-state index contributed by atoms with van der Waals surface area (Å²) in [6, 6.07) is 1.23. The van der Waals surface area contributed by atoms with Gasteiger partial charge in [-0.25, -0.2) is 14.2 Å². The summed E-state index contributed by atoms with van der Waals surface area (Å²) in [5.41, 5.74) is 3.21. The van der Waals surface area contributed by atoms with Crippen LogP contribution in [0.1, 0.15) is 29.2 Å². The molecule has 2 N–H and O–H groups in total. The normalized spacial score (nSPS) is 21.7. The first-order chi connectivity index (χ1) is 12.5. The van der Waals surface area contributed by atoms with Crippen LogP contribution in [0.3, 0.4) is 0 Å². The number of hydrogen-bond donors (Lipinski definition) is 2. The van der Waals surface area contributed by atoms with Gasteiger partial charge in [-0.15, -0.1) is 0 Å². The third kappa shape index (κ3) is 2.19. The van der Waals surface area contributed by atoms with Crippen LogP contribution in [0, 0.1) is 11.7 Å². The second-order valence-corrected chi connectivity index (χ2v) is 7.02. The fraction of sp³-hybridized carbons (Fsp3) is 0.412. The lowest BCUT2D eigenvalue weighted by atomic mass is 10.1. The summed E-state index contributed by atoms with van der Waals surface area (Å²) >= 11 is 0. The van der Waals surface area contributed by atoms with Crippen LogP contribution < -0.4 is 15.8 Å². The summed E-state index contributed by atoms with van der Waals surface area (Å²) in [5.74, 6) is -1.50. The summed E-state index contributed by atoms with van der Waals surface area (Å²) in [7, 11) is 0. The molecule has 2 aromatic rings. The molecule has 1 saturated heterocycles. The van der Waals surface area contributed by atoms with E-state index in [0.717, 1.165) is 31.2 Å². The van der Waals surface area contributed by atoms with Gasteiger partial charge >= 0.3 is 5.97 Å². The molecule has 0 spiro atoms. The number of halogens is 1. The van der Waals surface area contributed by atoms with Crippen molar-refractivity contribution in [2.75, 3.05) is 24.5 Å².